The van der Waals surface area contributed by atoms with E-state index in [9.17, 15) is 4.79 Å². The normalized spacial score (nSPS) is 18.9. The van der Waals surface area contributed by atoms with Crippen molar-refractivity contribution in [3.05, 3.63) is 28.8 Å². The highest BCUT2D eigenvalue weighted by Gasteiger charge is 2.20. The lowest BCUT2D eigenvalue weighted by Crippen LogP contribution is -2.43. The Morgan fingerprint density at radius 2 is 2.22 bits per heavy atom. The van der Waals surface area contributed by atoms with Gasteiger partial charge in [0.15, 0.2) is 0 Å². The zero-order chi connectivity index (χ0) is 12.3. The number of halogens is 2. The topological polar surface area (TPSA) is 41.1 Å². The fraction of sp³-hybridized carbons (Fsp3) is 0.462. The molecule has 1 heterocycles. The number of piperidine rings is 1. The number of amides is 1. The predicted octanol–water partition coefficient (Wildman–Crippen LogP) is 3.15. The molecule has 0 aromatic heterocycles. The molecule has 1 atom stereocenters. The van der Waals surface area contributed by atoms with E-state index in [0.29, 0.717) is 10.7 Å². The van der Waals surface area contributed by atoms with Crippen molar-refractivity contribution < 1.29 is 4.79 Å². The Morgan fingerprint density at radius 1 is 1.44 bits per heavy atom. The molecule has 0 unspecified atom stereocenters. The first-order valence-electron chi connectivity index (χ1n) is 5.97. The van der Waals surface area contributed by atoms with E-state index in [1.54, 1.807) is 6.07 Å². The van der Waals surface area contributed by atoms with Gasteiger partial charge >= 0.3 is 0 Å². The van der Waals surface area contributed by atoms with E-state index in [-0.39, 0.29) is 24.4 Å². The smallest absolute Gasteiger partial charge is 0.241 e. The second kappa shape index (κ2) is 6.98. The fourth-order valence-corrected chi connectivity index (χ4v) is 2.20. The molecule has 0 bridgehead atoms. The van der Waals surface area contributed by atoms with E-state index in [1.165, 1.54) is 0 Å². The Kier molecular flexibility index (Phi) is 5.93. The van der Waals surface area contributed by atoms with Crippen molar-refractivity contribution in [2.75, 3.05) is 11.9 Å². The van der Waals surface area contributed by atoms with Crippen molar-refractivity contribution >= 4 is 35.6 Å². The highest BCUT2D eigenvalue weighted by atomic mass is 35.5. The zero-order valence-corrected chi connectivity index (χ0v) is 11.9. The zero-order valence-electron chi connectivity index (χ0n) is 10.3. The Morgan fingerprint density at radius 3 is 2.89 bits per heavy atom. The number of hydrogen-bond acceptors (Lipinski definition) is 2. The maximum Gasteiger partial charge on any atom is 0.241 e. The molecule has 1 saturated heterocycles. The summed E-state index contributed by atoms with van der Waals surface area (Å²) in [7, 11) is 0. The molecule has 1 amide bonds. The summed E-state index contributed by atoms with van der Waals surface area (Å²) in [6, 6.07) is 5.54. The third-order valence-electron chi connectivity index (χ3n) is 3.01. The maximum atomic E-state index is 12.0. The van der Waals surface area contributed by atoms with Gasteiger partial charge in [-0.2, -0.15) is 0 Å². The van der Waals surface area contributed by atoms with Crippen LogP contribution in [0.4, 0.5) is 5.69 Å². The van der Waals surface area contributed by atoms with Crippen molar-refractivity contribution in [3.8, 4) is 0 Å². The molecule has 18 heavy (non-hydrogen) atoms. The number of carbonyl (C=O) groups excluding carboxylic acids is 1. The molecular formula is C13H18Cl2N2O. The molecule has 3 nitrogen and oxygen atoms in total. The average molecular weight is 289 g/mol. The summed E-state index contributed by atoms with van der Waals surface area (Å²) in [6.45, 7) is 2.89. The quantitative estimate of drug-likeness (QED) is 0.878. The SMILES string of the molecule is Cc1ccc(Cl)c(NC(=O)[C@@H]2CCCCN2)c1.Cl. The minimum absolute atomic E-state index is 0. The Labute approximate surface area is 119 Å². The summed E-state index contributed by atoms with van der Waals surface area (Å²) in [6.07, 6.45) is 3.15. The van der Waals surface area contributed by atoms with Gasteiger partial charge in [-0.1, -0.05) is 24.1 Å². The van der Waals surface area contributed by atoms with Crippen LogP contribution in [0.25, 0.3) is 0 Å². The van der Waals surface area contributed by atoms with E-state index in [0.717, 1.165) is 31.4 Å². The van der Waals surface area contributed by atoms with Crippen molar-refractivity contribution in [2.45, 2.75) is 32.2 Å². The van der Waals surface area contributed by atoms with Crippen LogP contribution in [-0.2, 0) is 4.79 Å². The number of benzene rings is 1. The van der Waals surface area contributed by atoms with Crippen LogP contribution >= 0.6 is 24.0 Å². The summed E-state index contributed by atoms with van der Waals surface area (Å²) in [5.41, 5.74) is 1.78. The van der Waals surface area contributed by atoms with Crippen LogP contribution in [0, 0.1) is 6.92 Å². The van der Waals surface area contributed by atoms with Crippen LogP contribution in [0.3, 0.4) is 0 Å². The Hall–Kier alpha value is -0.770. The van der Waals surface area contributed by atoms with E-state index in [2.05, 4.69) is 10.6 Å². The standard InChI is InChI=1S/C13H17ClN2O.ClH/c1-9-5-6-10(14)12(8-9)16-13(17)11-4-2-3-7-15-11;/h5-6,8,11,15H,2-4,7H2,1H3,(H,16,17);1H/t11-;/m0./s1. The molecule has 0 saturated carbocycles. The molecule has 1 aliphatic rings. The molecule has 0 radical (unpaired) electrons. The summed E-state index contributed by atoms with van der Waals surface area (Å²) in [5, 5.41) is 6.69. The highest BCUT2D eigenvalue weighted by Crippen LogP contribution is 2.23. The van der Waals surface area contributed by atoms with Gasteiger partial charge in [0, 0.05) is 0 Å². The second-order valence-electron chi connectivity index (χ2n) is 4.48. The minimum Gasteiger partial charge on any atom is -0.323 e. The van der Waals surface area contributed by atoms with Crippen molar-refractivity contribution in [1.82, 2.24) is 5.32 Å². The number of rotatable bonds is 2. The second-order valence-corrected chi connectivity index (χ2v) is 4.88. The van der Waals surface area contributed by atoms with Gasteiger partial charge in [0.1, 0.15) is 0 Å². The van der Waals surface area contributed by atoms with Crippen LogP contribution < -0.4 is 10.6 Å². The molecule has 2 rings (SSSR count). The molecule has 1 aromatic carbocycles. The largest absolute Gasteiger partial charge is 0.323 e. The third kappa shape index (κ3) is 3.87. The van der Waals surface area contributed by atoms with Crippen LogP contribution in [-0.4, -0.2) is 18.5 Å². The lowest BCUT2D eigenvalue weighted by Gasteiger charge is -2.22. The van der Waals surface area contributed by atoms with Crippen LogP contribution in [0.15, 0.2) is 18.2 Å². The van der Waals surface area contributed by atoms with Gasteiger partial charge in [0.05, 0.1) is 16.8 Å². The third-order valence-corrected chi connectivity index (χ3v) is 3.34. The van der Waals surface area contributed by atoms with Gasteiger partial charge in [-0.25, -0.2) is 0 Å². The molecule has 2 N–H and O–H groups in total. The summed E-state index contributed by atoms with van der Waals surface area (Å²) >= 11 is 6.04. The lowest BCUT2D eigenvalue weighted by atomic mass is 10.0. The van der Waals surface area contributed by atoms with E-state index < -0.39 is 0 Å². The average Bonchev–Trinajstić information content (AvgIpc) is 2.35. The van der Waals surface area contributed by atoms with E-state index >= 15 is 0 Å². The molecular weight excluding hydrogens is 271 g/mol. The first-order chi connectivity index (χ1) is 8.16. The van der Waals surface area contributed by atoms with Gasteiger partial charge in [0.2, 0.25) is 5.91 Å². The molecule has 100 valence electrons. The summed E-state index contributed by atoms with van der Waals surface area (Å²) in [5.74, 6) is 0.0113. The van der Waals surface area contributed by atoms with Crippen LogP contribution in [0.5, 0.6) is 0 Å². The molecule has 1 aliphatic heterocycles. The van der Waals surface area contributed by atoms with Gasteiger partial charge in [-0.15, -0.1) is 12.4 Å². The Bertz CT molecular complexity index is 417. The lowest BCUT2D eigenvalue weighted by molar-refractivity contribution is -0.118. The summed E-state index contributed by atoms with van der Waals surface area (Å²) < 4.78 is 0. The highest BCUT2D eigenvalue weighted by molar-refractivity contribution is 6.33. The van der Waals surface area contributed by atoms with E-state index in [1.807, 2.05) is 19.1 Å². The molecule has 5 heteroatoms. The number of carbonyl (C=O) groups is 1. The van der Waals surface area contributed by atoms with E-state index in [4.69, 9.17) is 11.6 Å². The first-order valence-corrected chi connectivity index (χ1v) is 6.35. The maximum absolute atomic E-state index is 12.0. The van der Waals surface area contributed by atoms with Crippen molar-refractivity contribution in [3.63, 3.8) is 0 Å². The number of aryl methyl sites for hydroxylation is 1. The molecule has 0 spiro atoms. The van der Waals surface area contributed by atoms with Gasteiger partial charge < -0.3 is 10.6 Å². The van der Waals surface area contributed by atoms with Crippen molar-refractivity contribution in [2.24, 2.45) is 0 Å². The van der Waals surface area contributed by atoms with Crippen LogP contribution in [0.1, 0.15) is 24.8 Å². The number of nitrogens with one attached hydrogen (secondary N) is 2. The molecule has 1 aromatic rings. The van der Waals surface area contributed by atoms with Gasteiger partial charge in [0.25, 0.3) is 0 Å². The Balaban J connectivity index is 0.00000162. The minimum atomic E-state index is -0.0830. The molecule has 0 aliphatic carbocycles. The molecule has 1 fully saturated rings. The van der Waals surface area contributed by atoms with Gasteiger partial charge in [-0.3, -0.25) is 4.79 Å². The van der Waals surface area contributed by atoms with Crippen LogP contribution in [0.2, 0.25) is 5.02 Å². The number of anilines is 1. The number of hydrogen-bond donors (Lipinski definition) is 2. The summed E-state index contributed by atoms with van der Waals surface area (Å²) in [4.78, 5) is 12.0. The van der Waals surface area contributed by atoms with Gasteiger partial charge in [-0.05, 0) is 44.0 Å². The van der Waals surface area contributed by atoms with Crippen molar-refractivity contribution in [1.29, 1.82) is 0 Å². The fourth-order valence-electron chi connectivity index (χ4n) is 2.03. The first kappa shape index (κ1) is 15.3. The monoisotopic (exact) mass is 288 g/mol. The predicted molar refractivity (Wildman–Crippen MR) is 77.7 cm³/mol.